The average molecular weight is 248 g/mol. The van der Waals surface area contributed by atoms with Gasteiger partial charge in [0.1, 0.15) is 0 Å². The summed E-state index contributed by atoms with van der Waals surface area (Å²) in [5.41, 5.74) is 4.43. The maximum absolute atomic E-state index is 2.31. The minimum absolute atomic E-state index is 0. The third-order valence-electron chi connectivity index (χ3n) is 2.49. The first-order chi connectivity index (χ1) is 5.27. The first-order valence-electron chi connectivity index (χ1n) is 4.20. The molecule has 67 valence electrons. The maximum Gasteiger partial charge on any atom is 0 e. The van der Waals surface area contributed by atoms with Gasteiger partial charge in [-0.1, -0.05) is 25.3 Å². The van der Waals surface area contributed by atoms with Crippen LogP contribution in [0.5, 0.6) is 0 Å². The van der Waals surface area contributed by atoms with Crippen molar-refractivity contribution in [3.63, 3.8) is 0 Å². The Hall–Kier alpha value is -0.287. The Balaban J connectivity index is 0.000000720. The van der Waals surface area contributed by atoms with Gasteiger partial charge >= 0.3 is 0 Å². The van der Waals surface area contributed by atoms with Crippen molar-refractivity contribution in [3.05, 3.63) is 40.8 Å². The second-order valence-electron chi connectivity index (χ2n) is 3.44. The number of rotatable bonds is 0. The van der Waals surface area contributed by atoms with E-state index in [0.717, 1.165) is 0 Å². The standard InChI is InChI=1S/C11H13.Rh/c1-8-3-6-11-9(2)4-5-10(11)7-8;/h3,6-7H,4-5H2,1-2H3;/q-1;. The van der Waals surface area contributed by atoms with Gasteiger partial charge in [0, 0.05) is 19.5 Å². The minimum atomic E-state index is 0. The molecule has 0 N–H and O–H groups in total. The van der Waals surface area contributed by atoms with Crippen molar-refractivity contribution in [2.45, 2.75) is 26.7 Å². The Bertz CT molecular complexity index is 278. The normalized spacial score (nSPS) is 14.0. The maximum atomic E-state index is 2.31. The smallest absolute Gasteiger partial charge is 0 e. The van der Waals surface area contributed by atoms with E-state index in [-0.39, 0.29) is 19.5 Å². The monoisotopic (exact) mass is 248 g/mol. The summed E-state index contributed by atoms with van der Waals surface area (Å²) in [4.78, 5) is 0. The molecular formula is C11H13Rh-. The fourth-order valence-corrected chi connectivity index (χ4v) is 1.80. The van der Waals surface area contributed by atoms with E-state index < -0.39 is 0 Å². The summed E-state index contributed by atoms with van der Waals surface area (Å²) in [5, 5.41) is 0. The van der Waals surface area contributed by atoms with Crippen LogP contribution in [-0.4, -0.2) is 0 Å². The van der Waals surface area contributed by atoms with Crippen LogP contribution in [0.2, 0.25) is 0 Å². The molecule has 0 unspecified atom stereocenters. The summed E-state index contributed by atoms with van der Waals surface area (Å²) in [6.45, 7) is 4.40. The number of hydrogen-bond acceptors (Lipinski definition) is 0. The second kappa shape index (κ2) is 3.62. The van der Waals surface area contributed by atoms with Gasteiger partial charge in [-0.25, -0.2) is 0 Å². The molecule has 0 saturated heterocycles. The molecule has 0 nitrogen and oxygen atoms in total. The molecule has 1 radical (unpaired) electrons. The summed E-state index contributed by atoms with van der Waals surface area (Å²) >= 11 is 0. The number of fused-ring (bicyclic) bond motifs is 1. The molecule has 0 aromatic heterocycles. The van der Waals surface area contributed by atoms with Crippen LogP contribution in [0.3, 0.4) is 0 Å². The number of aryl methyl sites for hydroxylation is 2. The van der Waals surface area contributed by atoms with E-state index in [4.69, 9.17) is 0 Å². The van der Waals surface area contributed by atoms with Crippen LogP contribution < -0.4 is 0 Å². The summed E-state index contributed by atoms with van der Waals surface area (Å²) < 4.78 is 0. The van der Waals surface area contributed by atoms with Gasteiger partial charge in [-0.05, 0) is 6.92 Å². The summed E-state index contributed by atoms with van der Waals surface area (Å²) in [7, 11) is 0. The van der Waals surface area contributed by atoms with Crippen molar-refractivity contribution in [3.8, 4) is 0 Å². The quantitative estimate of drug-likeness (QED) is 0.489. The first kappa shape index (κ1) is 9.80. The predicted molar refractivity (Wildman–Crippen MR) is 47.5 cm³/mol. The third-order valence-corrected chi connectivity index (χ3v) is 2.49. The molecule has 2 rings (SSSR count). The van der Waals surface area contributed by atoms with Gasteiger partial charge in [0.15, 0.2) is 0 Å². The Morgan fingerprint density at radius 2 is 2.08 bits per heavy atom. The van der Waals surface area contributed by atoms with Crippen LogP contribution >= 0.6 is 0 Å². The molecule has 0 amide bonds. The van der Waals surface area contributed by atoms with E-state index in [1.165, 1.54) is 24.0 Å². The molecule has 1 aromatic carbocycles. The van der Waals surface area contributed by atoms with Crippen molar-refractivity contribution in [2.75, 3.05) is 0 Å². The van der Waals surface area contributed by atoms with Crippen molar-refractivity contribution in [2.24, 2.45) is 0 Å². The van der Waals surface area contributed by atoms with E-state index in [1.54, 1.807) is 11.5 Å². The van der Waals surface area contributed by atoms with Gasteiger partial charge in [0.25, 0.3) is 0 Å². The number of benzene rings is 1. The SMILES string of the molecule is Cc1ccc2c(c1)CC[C-]2C.[Rh]. The van der Waals surface area contributed by atoms with E-state index >= 15 is 0 Å². The van der Waals surface area contributed by atoms with Gasteiger partial charge in [-0.2, -0.15) is 17.5 Å². The molecular weight excluding hydrogens is 235 g/mol. The Kier molecular flexibility index (Phi) is 2.95. The molecule has 1 aliphatic rings. The fourth-order valence-electron chi connectivity index (χ4n) is 1.80. The van der Waals surface area contributed by atoms with Crippen LogP contribution in [0.1, 0.15) is 30.0 Å². The predicted octanol–water partition coefficient (Wildman–Crippen LogP) is 2.88. The largest absolute Gasteiger partial charge is 0.186 e. The molecule has 0 atom stereocenters. The summed E-state index contributed by atoms with van der Waals surface area (Å²) in [5.74, 6) is 1.56. The number of hydrogen-bond donors (Lipinski definition) is 0. The van der Waals surface area contributed by atoms with Gasteiger partial charge in [0.2, 0.25) is 0 Å². The first-order valence-corrected chi connectivity index (χ1v) is 4.20. The Morgan fingerprint density at radius 1 is 1.33 bits per heavy atom. The molecule has 0 fully saturated rings. The van der Waals surface area contributed by atoms with E-state index in [0.29, 0.717) is 0 Å². The third kappa shape index (κ3) is 1.56. The zero-order valence-corrected chi connectivity index (χ0v) is 9.12. The van der Waals surface area contributed by atoms with Crippen molar-refractivity contribution < 1.29 is 19.5 Å². The minimum Gasteiger partial charge on any atom is -0.186 e. The topological polar surface area (TPSA) is 0 Å². The second-order valence-corrected chi connectivity index (χ2v) is 3.44. The average Bonchev–Trinajstić information content (AvgIpc) is 2.32. The van der Waals surface area contributed by atoms with Crippen molar-refractivity contribution in [1.29, 1.82) is 0 Å². The summed E-state index contributed by atoms with van der Waals surface area (Å²) in [6, 6.07) is 6.77. The van der Waals surface area contributed by atoms with Crippen molar-refractivity contribution in [1.82, 2.24) is 0 Å². The van der Waals surface area contributed by atoms with E-state index in [1.807, 2.05) is 0 Å². The molecule has 0 bridgehead atoms. The molecule has 0 heterocycles. The van der Waals surface area contributed by atoms with Gasteiger partial charge in [0.05, 0.1) is 0 Å². The Morgan fingerprint density at radius 3 is 2.83 bits per heavy atom. The molecule has 1 aliphatic carbocycles. The van der Waals surface area contributed by atoms with Crippen LogP contribution in [-0.2, 0) is 25.9 Å². The molecule has 0 saturated carbocycles. The van der Waals surface area contributed by atoms with Crippen LogP contribution in [0.25, 0.3) is 0 Å². The zero-order valence-electron chi connectivity index (χ0n) is 7.48. The van der Waals surface area contributed by atoms with Gasteiger partial charge < -0.3 is 0 Å². The summed E-state index contributed by atoms with van der Waals surface area (Å²) in [6.07, 6.45) is 2.52. The van der Waals surface area contributed by atoms with Crippen LogP contribution in [0.15, 0.2) is 18.2 Å². The van der Waals surface area contributed by atoms with E-state index in [9.17, 15) is 0 Å². The zero-order chi connectivity index (χ0) is 7.84. The van der Waals surface area contributed by atoms with E-state index in [2.05, 4.69) is 32.0 Å². The van der Waals surface area contributed by atoms with Crippen molar-refractivity contribution >= 4 is 0 Å². The molecule has 1 aromatic rings. The van der Waals surface area contributed by atoms with Crippen LogP contribution in [0, 0.1) is 12.8 Å². The van der Waals surface area contributed by atoms with Crippen LogP contribution in [0.4, 0.5) is 0 Å². The molecule has 12 heavy (non-hydrogen) atoms. The fraction of sp³-hybridized carbons (Fsp3) is 0.364. The van der Waals surface area contributed by atoms with Gasteiger partial charge in [-0.3, -0.25) is 0 Å². The molecule has 1 heteroatoms. The Labute approximate surface area is 87.1 Å². The molecule has 0 aliphatic heterocycles. The molecule has 0 spiro atoms. The van der Waals surface area contributed by atoms with Gasteiger partial charge in [-0.15, -0.1) is 17.7 Å².